The Labute approximate surface area is 157 Å². The molecule has 6 nitrogen and oxygen atoms in total. The van der Waals surface area contributed by atoms with Crippen molar-refractivity contribution in [2.75, 3.05) is 24.9 Å². The maximum absolute atomic E-state index is 6.17. The molecule has 26 heavy (non-hydrogen) atoms. The zero-order valence-corrected chi connectivity index (χ0v) is 15.2. The van der Waals surface area contributed by atoms with Crippen LogP contribution >= 0.6 is 11.6 Å². The fourth-order valence-electron chi connectivity index (χ4n) is 2.39. The predicted molar refractivity (Wildman–Crippen MR) is 104 cm³/mol. The Balaban J connectivity index is 1.70. The van der Waals surface area contributed by atoms with Crippen LogP contribution in [0.25, 0.3) is 0 Å². The molecule has 1 aromatic heterocycles. The lowest BCUT2D eigenvalue weighted by Gasteiger charge is -2.12. The van der Waals surface area contributed by atoms with Gasteiger partial charge >= 0.3 is 0 Å². The van der Waals surface area contributed by atoms with Gasteiger partial charge in [-0.15, -0.1) is 0 Å². The van der Waals surface area contributed by atoms with E-state index in [4.69, 9.17) is 21.1 Å². The van der Waals surface area contributed by atoms with Gasteiger partial charge < -0.3 is 20.1 Å². The number of rotatable bonds is 7. The standard InChI is InChI=1S/C19H19ClN4O2/c1-25-16-8-7-14(11-17(16)26-2)23-18-9-10-21-19(24-18)22-12-13-5-3-4-6-15(13)20/h3-11H,12H2,1-2H3,(H2,21,22,23,24). The Bertz CT molecular complexity index is 889. The molecule has 0 saturated carbocycles. The van der Waals surface area contributed by atoms with Crippen molar-refractivity contribution in [2.24, 2.45) is 0 Å². The van der Waals surface area contributed by atoms with Gasteiger partial charge in [0.15, 0.2) is 11.5 Å². The third kappa shape index (κ3) is 4.34. The average molecular weight is 371 g/mol. The van der Waals surface area contributed by atoms with E-state index in [2.05, 4.69) is 20.6 Å². The largest absolute Gasteiger partial charge is 0.493 e. The quantitative estimate of drug-likeness (QED) is 0.638. The number of anilines is 3. The van der Waals surface area contributed by atoms with E-state index in [1.54, 1.807) is 26.5 Å². The van der Waals surface area contributed by atoms with Crippen molar-refractivity contribution < 1.29 is 9.47 Å². The molecule has 3 rings (SSSR count). The van der Waals surface area contributed by atoms with E-state index in [9.17, 15) is 0 Å². The van der Waals surface area contributed by atoms with Crippen LogP contribution in [0.4, 0.5) is 17.5 Å². The Morgan fingerprint density at radius 1 is 1.00 bits per heavy atom. The number of hydrogen-bond donors (Lipinski definition) is 2. The minimum atomic E-state index is 0.510. The SMILES string of the molecule is COc1ccc(Nc2ccnc(NCc3ccccc3Cl)n2)cc1OC. The van der Waals surface area contributed by atoms with Crippen molar-refractivity contribution in [1.82, 2.24) is 9.97 Å². The lowest BCUT2D eigenvalue weighted by molar-refractivity contribution is 0.355. The number of benzene rings is 2. The van der Waals surface area contributed by atoms with Gasteiger partial charge in [-0.05, 0) is 29.8 Å². The first-order chi connectivity index (χ1) is 12.7. The summed E-state index contributed by atoms with van der Waals surface area (Å²) >= 11 is 6.17. The van der Waals surface area contributed by atoms with E-state index in [0.717, 1.165) is 11.3 Å². The molecule has 1 heterocycles. The van der Waals surface area contributed by atoms with Gasteiger partial charge in [-0.1, -0.05) is 29.8 Å². The highest BCUT2D eigenvalue weighted by atomic mass is 35.5. The van der Waals surface area contributed by atoms with Crippen molar-refractivity contribution in [1.29, 1.82) is 0 Å². The molecule has 0 aliphatic carbocycles. The van der Waals surface area contributed by atoms with Crippen molar-refractivity contribution >= 4 is 29.1 Å². The van der Waals surface area contributed by atoms with Gasteiger partial charge in [-0.3, -0.25) is 0 Å². The Morgan fingerprint density at radius 3 is 2.58 bits per heavy atom. The van der Waals surface area contributed by atoms with E-state index in [1.807, 2.05) is 42.5 Å². The normalized spacial score (nSPS) is 10.3. The lowest BCUT2D eigenvalue weighted by atomic mass is 10.2. The summed E-state index contributed by atoms with van der Waals surface area (Å²) in [7, 11) is 3.20. The highest BCUT2D eigenvalue weighted by Crippen LogP contribution is 2.30. The molecule has 0 unspecified atom stereocenters. The second-order valence-electron chi connectivity index (χ2n) is 5.41. The van der Waals surface area contributed by atoms with E-state index >= 15 is 0 Å². The summed E-state index contributed by atoms with van der Waals surface area (Å²) in [5.74, 6) is 2.48. The summed E-state index contributed by atoms with van der Waals surface area (Å²) in [5, 5.41) is 7.11. The summed E-state index contributed by atoms with van der Waals surface area (Å²) in [4.78, 5) is 8.70. The first-order valence-electron chi connectivity index (χ1n) is 7.99. The van der Waals surface area contributed by atoms with Crippen molar-refractivity contribution in [2.45, 2.75) is 6.54 Å². The molecule has 2 N–H and O–H groups in total. The molecule has 0 fully saturated rings. The number of hydrogen-bond acceptors (Lipinski definition) is 6. The summed E-state index contributed by atoms with van der Waals surface area (Å²) in [6.07, 6.45) is 1.69. The highest BCUT2D eigenvalue weighted by molar-refractivity contribution is 6.31. The minimum absolute atomic E-state index is 0.510. The molecule has 0 atom stereocenters. The first-order valence-corrected chi connectivity index (χ1v) is 8.37. The van der Waals surface area contributed by atoms with Gasteiger partial charge in [0.2, 0.25) is 5.95 Å². The fourth-order valence-corrected chi connectivity index (χ4v) is 2.59. The maximum atomic E-state index is 6.17. The average Bonchev–Trinajstić information content (AvgIpc) is 2.67. The summed E-state index contributed by atoms with van der Waals surface area (Å²) in [5.41, 5.74) is 1.81. The van der Waals surface area contributed by atoms with Gasteiger partial charge in [0, 0.05) is 29.5 Å². The summed E-state index contributed by atoms with van der Waals surface area (Å²) < 4.78 is 10.6. The first kappa shape index (κ1) is 17.8. The molecule has 0 amide bonds. The van der Waals surface area contributed by atoms with Gasteiger partial charge in [-0.2, -0.15) is 4.98 Å². The summed E-state index contributed by atoms with van der Waals surface area (Å²) in [6.45, 7) is 0.541. The van der Waals surface area contributed by atoms with Crippen LogP contribution in [0.5, 0.6) is 11.5 Å². The molecule has 0 aliphatic rings. The monoisotopic (exact) mass is 370 g/mol. The molecule has 0 bridgehead atoms. The maximum Gasteiger partial charge on any atom is 0.224 e. The van der Waals surface area contributed by atoms with E-state index < -0.39 is 0 Å². The van der Waals surface area contributed by atoms with E-state index in [0.29, 0.717) is 34.8 Å². The van der Waals surface area contributed by atoms with Gasteiger partial charge in [0.05, 0.1) is 14.2 Å². The molecule has 0 radical (unpaired) electrons. The van der Waals surface area contributed by atoms with Crippen LogP contribution in [-0.4, -0.2) is 24.2 Å². The second-order valence-corrected chi connectivity index (χ2v) is 5.81. The minimum Gasteiger partial charge on any atom is -0.493 e. The van der Waals surface area contributed by atoms with Crippen molar-refractivity contribution in [3.8, 4) is 11.5 Å². The van der Waals surface area contributed by atoms with Gasteiger partial charge in [0.25, 0.3) is 0 Å². The molecule has 0 saturated heterocycles. The number of aromatic nitrogens is 2. The fraction of sp³-hybridized carbons (Fsp3) is 0.158. The number of methoxy groups -OCH3 is 2. The lowest BCUT2D eigenvalue weighted by Crippen LogP contribution is -2.05. The number of nitrogens with one attached hydrogen (secondary N) is 2. The zero-order valence-electron chi connectivity index (χ0n) is 14.5. The van der Waals surface area contributed by atoms with Crippen molar-refractivity contribution in [3.05, 3.63) is 65.3 Å². The molecule has 3 aromatic rings. The Hall–Kier alpha value is -2.99. The van der Waals surface area contributed by atoms with Crippen LogP contribution in [0.2, 0.25) is 5.02 Å². The third-order valence-electron chi connectivity index (χ3n) is 3.71. The van der Waals surface area contributed by atoms with Crippen LogP contribution in [0.15, 0.2) is 54.7 Å². The highest BCUT2D eigenvalue weighted by Gasteiger charge is 2.06. The number of halogens is 1. The molecule has 0 aliphatic heterocycles. The van der Waals surface area contributed by atoms with Gasteiger partial charge in [-0.25, -0.2) is 4.98 Å². The predicted octanol–water partition coefficient (Wildman–Crippen LogP) is 4.50. The second kappa shape index (κ2) is 8.40. The smallest absolute Gasteiger partial charge is 0.224 e. The van der Waals surface area contributed by atoms with E-state index in [-0.39, 0.29) is 0 Å². The molecule has 2 aromatic carbocycles. The van der Waals surface area contributed by atoms with Crippen molar-refractivity contribution in [3.63, 3.8) is 0 Å². The summed E-state index contributed by atoms with van der Waals surface area (Å²) in [6, 6.07) is 15.0. The molecule has 134 valence electrons. The molecular weight excluding hydrogens is 352 g/mol. The third-order valence-corrected chi connectivity index (χ3v) is 4.08. The molecular formula is C19H19ClN4O2. The van der Waals surface area contributed by atoms with Crippen LogP contribution in [0.3, 0.4) is 0 Å². The Kier molecular flexibility index (Phi) is 5.76. The van der Waals surface area contributed by atoms with E-state index in [1.165, 1.54) is 0 Å². The van der Waals surface area contributed by atoms with Crippen LogP contribution in [0, 0.1) is 0 Å². The van der Waals surface area contributed by atoms with Gasteiger partial charge in [0.1, 0.15) is 5.82 Å². The van der Waals surface area contributed by atoms with Crippen LogP contribution in [0.1, 0.15) is 5.56 Å². The topological polar surface area (TPSA) is 68.3 Å². The molecule has 7 heteroatoms. The van der Waals surface area contributed by atoms with Crippen LogP contribution < -0.4 is 20.1 Å². The Morgan fingerprint density at radius 2 is 1.81 bits per heavy atom. The molecule has 0 spiro atoms. The number of ether oxygens (including phenoxy) is 2. The van der Waals surface area contributed by atoms with Crippen LogP contribution in [-0.2, 0) is 6.54 Å². The number of nitrogens with zero attached hydrogens (tertiary/aromatic N) is 2. The zero-order chi connectivity index (χ0) is 18.4.